The average Bonchev–Trinajstić information content (AvgIpc) is 2.97. The molecule has 1 saturated carbocycles. The van der Waals surface area contributed by atoms with E-state index in [1.807, 2.05) is 35.6 Å². The third kappa shape index (κ3) is 2.90. The molecule has 0 radical (unpaired) electrons. The number of rotatable bonds is 5. The Hall–Kier alpha value is -0.920. The van der Waals surface area contributed by atoms with Crippen LogP contribution in [0.25, 0.3) is 0 Å². The van der Waals surface area contributed by atoms with E-state index < -0.39 is 0 Å². The number of hydrogen-bond donors (Lipinski definition) is 1. The Kier molecular flexibility index (Phi) is 4.36. The van der Waals surface area contributed by atoms with Gasteiger partial charge in [-0.3, -0.25) is 0 Å². The maximum atomic E-state index is 8.91. The highest BCUT2D eigenvalue weighted by Crippen LogP contribution is 2.39. The molecule has 1 N–H and O–H groups in total. The van der Waals surface area contributed by atoms with Gasteiger partial charge in [-0.15, -0.1) is 0 Å². The van der Waals surface area contributed by atoms with E-state index in [1.54, 1.807) is 0 Å². The summed E-state index contributed by atoms with van der Waals surface area (Å²) in [6.07, 6.45) is 9.66. The molecule has 0 bridgehead atoms. The molecule has 1 aromatic rings. The van der Waals surface area contributed by atoms with Crippen LogP contribution in [0.5, 0.6) is 0 Å². The SMILES string of the molecule is CSC1(CNCc2cc(C#N)n(C)c2)CCCC1. The highest BCUT2D eigenvalue weighted by atomic mass is 32.2. The van der Waals surface area contributed by atoms with Gasteiger partial charge in [-0.1, -0.05) is 12.8 Å². The monoisotopic (exact) mass is 263 g/mol. The Balaban J connectivity index is 1.86. The quantitative estimate of drug-likeness (QED) is 0.888. The Morgan fingerprint density at radius 2 is 2.22 bits per heavy atom. The molecule has 4 heteroatoms. The maximum Gasteiger partial charge on any atom is 0.120 e. The van der Waals surface area contributed by atoms with E-state index in [9.17, 15) is 0 Å². The van der Waals surface area contributed by atoms with Crippen LogP contribution in [0, 0.1) is 11.3 Å². The van der Waals surface area contributed by atoms with E-state index in [0.717, 1.165) is 18.8 Å². The van der Waals surface area contributed by atoms with E-state index in [-0.39, 0.29) is 0 Å². The van der Waals surface area contributed by atoms with Gasteiger partial charge in [-0.25, -0.2) is 0 Å². The highest BCUT2D eigenvalue weighted by Gasteiger charge is 2.32. The molecule has 1 aliphatic carbocycles. The van der Waals surface area contributed by atoms with Crippen LogP contribution in [0.15, 0.2) is 12.3 Å². The predicted molar refractivity (Wildman–Crippen MR) is 76.5 cm³/mol. The van der Waals surface area contributed by atoms with E-state index in [1.165, 1.54) is 31.2 Å². The molecule has 0 saturated heterocycles. The molecule has 0 spiro atoms. The fourth-order valence-electron chi connectivity index (χ4n) is 2.75. The molecule has 3 nitrogen and oxygen atoms in total. The third-order valence-corrected chi connectivity index (χ3v) is 5.32. The fourth-order valence-corrected chi connectivity index (χ4v) is 3.69. The first kappa shape index (κ1) is 13.5. The van der Waals surface area contributed by atoms with Gasteiger partial charge in [0.15, 0.2) is 0 Å². The molecule has 0 atom stereocenters. The Bertz CT molecular complexity index is 438. The van der Waals surface area contributed by atoms with Crippen molar-refractivity contribution in [1.29, 1.82) is 5.26 Å². The van der Waals surface area contributed by atoms with Gasteiger partial charge in [0.2, 0.25) is 0 Å². The first-order valence-corrected chi connectivity index (χ1v) is 7.73. The molecular weight excluding hydrogens is 242 g/mol. The van der Waals surface area contributed by atoms with E-state index in [0.29, 0.717) is 4.75 Å². The molecular formula is C14H21N3S. The highest BCUT2D eigenvalue weighted by molar-refractivity contribution is 8.00. The summed E-state index contributed by atoms with van der Waals surface area (Å²) in [5.74, 6) is 0. The summed E-state index contributed by atoms with van der Waals surface area (Å²) >= 11 is 2.01. The molecule has 0 aromatic carbocycles. The van der Waals surface area contributed by atoms with Crippen LogP contribution in [0.3, 0.4) is 0 Å². The van der Waals surface area contributed by atoms with Crippen LogP contribution in [0.4, 0.5) is 0 Å². The molecule has 98 valence electrons. The summed E-state index contributed by atoms with van der Waals surface area (Å²) in [5, 5.41) is 12.5. The van der Waals surface area contributed by atoms with Gasteiger partial charge in [-0.2, -0.15) is 17.0 Å². The lowest BCUT2D eigenvalue weighted by molar-refractivity contribution is 0.533. The molecule has 1 aliphatic rings. The number of hydrogen-bond acceptors (Lipinski definition) is 3. The van der Waals surface area contributed by atoms with Gasteiger partial charge in [-0.05, 0) is 30.7 Å². The van der Waals surface area contributed by atoms with Crippen LogP contribution in [-0.2, 0) is 13.6 Å². The largest absolute Gasteiger partial charge is 0.342 e. The predicted octanol–water partition coefficient (Wildman–Crippen LogP) is 2.66. The Labute approximate surface area is 114 Å². The molecule has 1 heterocycles. The molecule has 0 aliphatic heterocycles. The number of nitriles is 1. The van der Waals surface area contributed by atoms with Crippen LogP contribution in [0.1, 0.15) is 36.9 Å². The van der Waals surface area contributed by atoms with Crippen LogP contribution in [-0.4, -0.2) is 22.1 Å². The minimum absolute atomic E-state index is 0.451. The van der Waals surface area contributed by atoms with Crippen molar-refractivity contribution < 1.29 is 0 Å². The molecule has 1 fully saturated rings. The lowest BCUT2D eigenvalue weighted by Crippen LogP contribution is -2.34. The first-order valence-electron chi connectivity index (χ1n) is 6.50. The zero-order chi connectivity index (χ0) is 13.0. The first-order chi connectivity index (χ1) is 8.69. The second kappa shape index (κ2) is 5.81. The van der Waals surface area contributed by atoms with Crippen LogP contribution >= 0.6 is 11.8 Å². The summed E-state index contributed by atoms with van der Waals surface area (Å²) in [5.41, 5.74) is 1.93. The summed E-state index contributed by atoms with van der Waals surface area (Å²) < 4.78 is 2.34. The van der Waals surface area contributed by atoms with E-state index in [2.05, 4.69) is 17.6 Å². The topological polar surface area (TPSA) is 40.8 Å². The van der Waals surface area contributed by atoms with Crippen molar-refractivity contribution in [3.8, 4) is 6.07 Å². The molecule has 2 rings (SSSR count). The minimum Gasteiger partial charge on any atom is -0.342 e. The smallest absolute Gasteiger partial charge is 0.120 e. The van der Waals surface area contributed by atoms with Crippen molar-refractivity contribution in [3.05, 3.63) is 23.5 Å². The number of thioether (sulfide) groups is 1. The third-order valence-electron chi connectivity index (χ3n) is 3.90. The van der Waals surface area contributed by atoms with Crippen molar-refractivity contribution in [3.63, 3.8) is 0 Å². The second-order valence-electron chi connectivity index (χ2n) is 5.15. The summed E-state index contributed by atoms with van der Waals surface area (Å²) in [6, 6.07) is 4.16. The maximum absolute atomic E-state index is 8.91. The zero-order valence-corrected chi connectivity index (χ0v) is 12.0. The van der Waals surface area contributed by atoms with Gasteiger partial charge in [0.1, 0.15) is 11.8 Å². The summed E-state index contributed by atoms with van der Waals surface area (Å²) in [6.45, 7) is 1.93. The van der Waals surface area contributed by atoms with E-state index >= 15 is 0 Å². The minimum atomic E-state index is 0.451. The second-order valence-corrected chi connectivity index (χ2v) is 6.43. The van der Waals surface area contributed by atoms with Crippen molar-refractivity contribution >= 4 is 11.8 Å². The van der Waals surface area contributed by atoms with Crippen molar-refractivity contribution in [2.75, 3.05) is 12.8 Å². The van der Waals surface area contributed by atoms with Crippen molar-refractivity contribution in [1.82, 2.24) is 9.88 Å². The summed E-state index contributed by atoms with van der Waals surface area (Å²) in [4.78, 5) is 0. The zero-order valence-electron chi connectivity index (χ0n) is 11.2. The Morgan fingerprint density at radius 1 is 1.50 bits per heavy atom. The molecule has 0 amide bonds. The van der Waals surface area contributed by atoms with Gasteiger partial charge in [0, 0.05) is 31.1 Å². The molecule has 0 unspecified atom stereocenters. The van der Waals surface area contributed by atoms with Crippen LogP contribution < -0.4 is 5.32 Å². The fraction of sp³-hybridized carbons (Fsp3) is 0.643. The normalized spacial score (nSPS) is 17.8. The molecule has 18 heavy (non-hydrogen) atoms. The standard InChI is InChI=1S/C14H21N3S/c1-17-10-12(7-13(17)8-15)9-16-11-14(18-2)5-3-4-6-14/h7,10,16H,3-6,9,11H2,1-2H3. The molecule has 1 aromatic heterocycles. The van der Waals surface area contributed by atoms with Gasteiger partial charge in [0.25, 0.3) is 0 Å². The van der Waals surface area contributed by atoms with Gasteiger partial charge >= 0.3 is 0 Å². The average molecular weight is 263 g/mol. The summed E-state index contributed by atoms with van der Waals surface area (Å²) in [7, 11) is 1.92. The van der Waals surface area contributed by atoms with E-state index in [4.69, 9.17) is 5.26 Å². The van der Waals surface area contributed by atoms with Crippen molar-refractivity contribution in [2.45, 2.75) is 37.0 Å². The lowest BCUT2D eigenvalue weighted by Gasteiger charge is -2.27. The van der Waals surface area contributed by atoms with Gasteiger partial charge in [0.05, 0.1) is 0 Å². The van der Waals surface area contributed by atoms with Crippen molar-refractivity contribution in [2.24, 2.45) is 7.05 Å². The Morgan fingerprint density at radius 3 is 2.78 bits per heavy atom. The lowest BCUT2D eigenvalue weighted by atomic mass is 10.1. The number of nitrogens with zero attached hydrogens (tertiary/aromatic N) is 2. The number of aromatic nitrogens is 1. The van der Waals surface area contributed by atoms with Crippen LogP contribution in [0.2, 0.25) is 0 Å². The number of nitrogens with one attached hydrogen (secondary N) is 1. The number of aryl methyl sites for hydroxylation is 1. The van der Waals surface area contributed by atoms with Gasteiger partial charge < -0.3 is 9.88 Å².